The fourth-order valence-electron chi connectivity index (χ4n) is 5.71. The molecule has 1 aliphatic rings. The van der Waals surface area contributed by atoms with Crippen molar-refractivity contribution in [3.63, 3.8) is 0 Å². The lowest BCUT2D eigenvalue weighted by Crippen LogP contribution is -2.47. The van der Waals surface area contributed by atoms with Gasteiger partial charge in [0, 0.05) is 11.5 Å². The van der Waals surface area contributed by atoms with Crippen LogP contribution in [0.4, 0.5) is 0 Å². The summed E-state index contributed by atoms with van der Waals surface area (Å²) in [7, 11) is 0. The van der Waals surface area contributed by atoms with Crippen LogP contribution < -0.4 is 5.32 Å². The number of amides is 1. The first kappa shape index (κ1) is 27.6. The number of benzene rings is 3. The maximum Gasteiger partial charge on any atom is 0.333 e. The number of esters is 1. The van der Waals surface area contributed by atoms with Gasteiger partial charge in [-0.2, -0.15) is 0 Å². The minimum Gasteiger partial charge on any atom is -0.460 e. The van der Waals surface area contributed by atoms with E-state index in [1.807, 2.05) is 24.3 Å². The summed E-state index contributed by atoms with van der Waals surface area (Å²) in [5.41, 5.74) is 1.60. The van der Waals surface area contributed by atoms with Gasteiger partial charge in [0.1, 0.15) is 12.1 Å². The quantitative estimate of drug-likeness (QED) is 0.237. The van der Waals surface area contributed by atoms with Crippen LogP contribution in [0.5, 0.6) is 0 Å². The number of allylic oxidation sites excluding steroid dienone is 1. The predicted molar refractivity (Wildman–Crippen MR) is 155 cm³/mol. The van der Waals surface area contributed by atoms with Gasteiger partial charge >= 0.3 is 5.97 Å². The Morgan fingerprint density at radius 2 is 1.71 bits per heavy atom. The maximum atomic E-state index is 13.6. The van der Waals surface area contributed by atoms with E-state index in [9.17, 15) is 9.59 Å². The number of hydrogen-bond donors (Lipinski definition) is 1. The zero-order valence-electron chi connectivity index (χ0n) is 23.2. The average molecular weight is 512 g/mol. The van der Waals surface area contributed by atoms with Crippen molar-refractivity contribution in [2.45, 2.75) is 77.4 Å². The first-order valence-corrected chi connectivity index (χ1v) is 14.0. The molecule has 4 heteroatoms. The summed E-state index contributed by atoms with van der Waals surface area (Å²) in [5, 5.41) is 5.35. The third kappa shape index (κ3) is 6.53. The van der Waals surface area contributed by atoms with Crippen LogP contribution in [0.3, 0.4) is 0 Å². The molecule has 1 N–H and O–H groups in total. The molecule has 0 unspecified atom stereocenters. The molecule has 0 aromatic heterocycles. The van der Waals surface area contributed by atoms with Crippen molar-refractivity contribution in [2.75, 3.05) is 0 Å². The molecule has 1 aliphatic carbocycles. The van der Waals surface area contributed by atoms with E-state index in [-0.39, 0.29) is 29.3 Å². The second-order valence-electron chi connectivity index (χ2n) is 11.3. The van der Waals surface area contributed by atoms with E-state index >= 15 is 0 Å². The highest BCUT2D eigenvalue weighted by Gasteiger charge is 2.42. The molecule has 38 heavy (non-hydrogen) atoms. The van der Waals surface area contributed by atoms with Crippen LogP contribution in [-0.2, 0) is 14.9 Å². The number of fused-ring (bicyclic) bond motifs is 1. The molecule has 4 atom stereocenters. The molecule has 1 fully saturated rings. The van der Waals surface area contributed by atoms with Gasteiger partial charge in [-0.25, -0.2) is 4.79 Å². The zero-order chi connectivity index (χ0) is 27.1. The van der Waals surface area contributed by atoms with E-state index in [2.05, 4.69) is 75.5 Å². The van der Waals surface area contributed by atoms with Gasteiger partial charge in [-0.3, -0.25) is 4.79 Å². The number of ether oxygens (including phenoxy) is 1. The molecule has 0 spiro atoms. The lowest BCUT2D eigenvalue weighted by atomic mass is 9.64. The molecule has 3 aromatic rings. The molecule has 1 saturated carbocycles. The summed E-state index contributed by atoms with van der Waals surface area (Å²) in [4.78, 5) is 26.5. The largest absolute Gasteiger partial charge is 0.460 e. The first-order chi connectivity index (χ1) is 18.3. The Morgan fingerprint density at radius 3 is 2.45 bits per heavy atom. The molecule has 1 amide bonds. The normalized spacial score (nSPS) is 20.8. The maximum absolute atomic E-state index is 13.6. The van der Waals surface area contributed by atoms with Crippen LogP contribution in [0, 0.1) is 11.8 Å². The van der Waals surface area contributed by atoms with Gasteiger partial charge in [0.15, 0.2) is 0 Å². The lowest BCUT2D eigenvalue weighted by molar-refractivity contribution is -0.157. The second kappa shape index (κ2) is 12.4. The summed E-state index contributed by atoms with van der Waals surface area (Å²) in [6.07, 6.45) is 8.25. The Balaban J connectivity index is 1.56. The smallest absolute Gasteiger partial charge is 0.333 e. The average Bonchev–Trinajstić information content (AvgIpc) is 2.92. The van der Waals surface area contributed by atoms with E-state index in [1.54, 1.807) is 18.2 Å². The van der Waals surface area contributed by atoms with Gasteiger partial charge < -0.3 is 10.1 Å². The summed E-state index contributed by atoms with van der Waals surface area (Å²) in [6, 6.07) is 23.3. The fourth-order valence-corrected chi connectivity index (χ4v) is 5.71. The van der Waals surface area contributed by atoms with E-state index < -0.39 is 6.04 Å². The Kier molecular flexibility index (Phi) is 9.04. The van der Waals surface area contributed by atoms with Gasteiger partial charge in [-0.05, 0) is 59.1 Å². The highest BCUT2D eigenvalue weighted by Crippen LogP contribution is 2.44. The lowest BCUT2D eigenvalue weighted by Gasteiger charge is -2.44. The van der Waals surface area contributed by atoms with E-state index in [0.717, 1.165) is 32.1 Å². The Labute approximate surface area is 227 Å². The Morgan fingerprint density at radius 1 is 1.00 bits per heavy atom. The molecule has 0 heterocycles. The SMILES string of the molecule is CCC/C=C/[C@H](NC(=O)c1ccccc1)C(=O)O[C@@H]1C[C@H](C)CC[C@H]1C(C)(C)c1ccc2ccccc2c1. The van der Waals surface area contributed by atoms with Crippen LogP contribution in [-0.4, -0.2) is 24.0 Å². The number of carbonyl (C=O) groups is 2. The third-order valence-electron chi connectivity index (χ3n) is 8.10. The van der Waals surface area contributed by atoms with Gasteiger partial charge in [-0.15, -0.1) is 0 Å². The van der Waals surface area contributed by atoms with Crippen LogP contribution in [0.25, 0.3) is 10.8 Å². The van der Waals surface area contributed by atoms with Gasteiger partial charge in [-0.1, -0.05) is 113 Å². The Hall–Kier alpha value is -3.40. The van der Waals surface area contributed by atoms with E-state index in [0.29, 0.717) is 11.5 Å². The van der Waals surface area contributed by atoms with Crippen molar-refractivity contribution < 1.29 is 14.3 Å². The van der Waals surface area contributed by atoms with Crippen LogP contribution in [0.2, 0.25) is 0 Å². The Bertz CT molecular complexity index is 1260. The summed E-state index contributed by atoms with van der Waals surface area (Å²) >= 11 is 0. The second-order valence-corrected chi connectivity index (χ2v) is 11.3. The van der Waals surface area contributed by atoms with Crippen LogP contribution in [0.15, 0.2) is 84.9 Å². The number of unbranched alkanes of at least 4 members (excludes halogenated alkanes) is 1. The molecule has 200 valence electrons. The standard InChI is InChI=1S/C34H41NO3/c1-5-6-8-17-30(35-32(36)26-14-9-7-10-15-26)33(37)38-31-22-24(2)18-21-29(31)34(3,4)28-20-19-25-13-11-12-16-27(25)23-28/h7-17,19-20,23-24,29-31H,5-6,18,21-22H2,1-4H3,(H,35,36)/b17-8+/t24-,29-,30+,31-/m1/s1. The predicted octanol–water partition coefficient (Wildman–Crippen LogP) is 7.62. The number of nitrogens with one attached hydrogen (secondary N) is 1. The summed E-state index contributed by atoms with van der Waals surface area (Å²) in [6.45, 7) is 8.86. The minimum absolute atomic E-state index is 0.175. The van der Waals surface area contributed by atoms with Crippen molar-refractivity contribution in [3.05, 3.63) is 96.1 Å². The number of carbonyl (C=O) groups excluding carboxylic acids is 2. The summed E-state index contributed by atoms with van der Waals surface area (Å²) in [5.74, 6) is -0.0165. The van der Waals surface area contributed by atoms with Crippen LogP contribution in [0.1, 0.15) is 75.7 Å². The van der Waals surface area contributed by atoms with Crippen molar-refractivity contribution in [1.29, 1.82) is 0 Å². The van der Waals surface area contributed by atoms with E-state index in [4.69, 9.17) is 4.74 Å². The number of rotatable bonds is 9. The minimum atomic E-state index is -0.823. The molecule has 0 bridgehead atoms. The molecule has 0 aliphatic heterocycles. The van der Waals surface area contributed by atoms with Crippen molar-refractivity contribution in [1.82, 2.24) is 5.32 Å². The molecule has 0 radical (unpaired) electrons. The topological polar surface area (TPSA) is 55.4 Å². The van der Waals surface area contributed by atoms with Gasteiger partial charge in [0.2, 0.25) is 0 Å². The van der Waals surface area contributed by atoms with E-state index in [1.165, 1.54) is 16.3 Å². The zero-order valence-corrected chi connectivity index (χ0v) is 23.2. The molecular formula is C34H41NO3. The molecule has 3 aromatic carbocycles. The molecule has 4 nitrogen and oxygen atoms in total. The fraction of sp³-hybridized carbons (Fsp3) is 0.412. The molecule has 4 rings (SSSR count). The molecule has 0 saturated heterocycles. The van der Waals surface area contributed by atoms with Crippen LogP contribution >= 0.6 is 0 Å². The van der Waals surface area contributed by atoms with Crippen molar-refractivity contribution in [2.24, 2.45) is 11.8 Å². The van der Waals surface area contributed by atoms with Crippen molar-refractivity contribution in [3.8, 4) is 0 Å². The monoisotopic (exact) mass is 511 g/mol. The number of hydrogen-bond acceptors (Lipinski definition) is 3. The summed E-state index contributed by atoms with van der Waals surface area (Å²) < 4.78 is 6.29. The first-order valence-electron chi connectivity index (χ1n) is 14.0. The highest BCUT2D eigenvalue weighted by atomic mass is 16.5. The third-order valence-corrected chi connectivity index (χ3v) is 8.10. The highest BCUT2D eigenvalue weighted by molar-refractivity contribution is 5.97. The van der Waals surface area contributed by atoms with Gasteiger partial charge in [0.05, 0.1) is 0 Å². The molecular weight excluding hydrogens is 470 g/mol. The van der Waals surface area contributed by atoms with Gasteiger partial charge in [0.25, 0.3) is 5.91 Å². The van der Waals surface area contributed by atoms with Crippen molar-refractivity contribution >= 4 is 22.6 Å².